The van der Waals surface area contributed by atoms with Gasteiger partial charge in [0.2, 0.25) is 5.83 Å². The molecule has 0 radical (unpaired) electrons. The van der Waals surface area contributed by atoms with Crippen LogP contribution in [0.5, 0.6) is 5.75 Å². The van der Waals surface area contributed by atoms with Crippen LogP contribution in [0.25, 0.3) is 0 Å². The number of alkyl halides is 15. The Hall–Kier alpha value is -2.35. The van der Waals surface area contributed by atoms with E-state index in [4.69, 9.17) is 11.5 Å². The average Bonchev–Trinajstić information content (AvgIpc) is 2.69. The van der Waals surface area contributed by atoms with Crippen molar-refractivity contribution in [2.24, 2.45) is 0 Å². The van der Waals surface area contributed by atoms with Crippen LogP contribution in [0.1, 0.15) is 0 Å². The molecule has 0 spiro atoms. The average molecular weight is 633 g/mol. The van der Waals surface area contributed by atoms with Crippen LogP contribution < -0.4 is 16.2 Å². The molecule has 21 heteroatoms. The molecular weight excluding hydrogens is 627 g/mol. The minimum absolute atomic E-state index is 0.104. The van der Waals surface area contributed by atoms with Gasteiger partial charge in [-0.1, -0.05) is 0 Å². The summed E-state index contributed by atoms with van der Waals surface area (Å²) in [5.41, 5.74) is 9.07. The Kier molecular flexibility index (Phi) is 7.82. The number of hydrogen-bond acceptors (Lipinski definition) is 3. The predicted molar refractivity (Wildman–Crippen MR) is 88.6 cm³/mol. The molecule has 0 saturated carbocycles. The minimum atomic E-state index is -8.66. The van der Waals surface area contributed by atoms with E-state index in [-0.39, 0.29) is 4.47 Å². The number of rotatable bonds is 8. The summed E-state index contributed by atoms with van der Waals surface area (Å²) in [6, 6.07) is -2.52. The van der Waals surface area contributed by atoms with Gasteiger partial charge in [-0.15, -0.1) is 0 Å². The van der Waals surface area contributed by atoms with Crippen LogP contribution in [0.3, 0.4) is 0 Å². The van der Waals surface area contributed by atoms with Crippen LogP contribution in [0.15, 0.2) is 28.4 Å². The molecule has 1 aromatic rings. The second-order valence-electron chi connectivity index (χ2n) is 6.55. The standard InChI is InChI=1S/C15H6BrF17N2O/c16-3-1-5(35)6(2-4(3)34)36-8(18)7(17)9(19,20)10(21,22)11(23,24)12(25,26)13(27,28)14(29,30)15(31,32)33/h1-2H,34-35H2. The van der Waals surface area contributed by atoms with Crippen LogP contribution in [0, 0.1) is 0 Å². The van der Waals surface area contributed by atoms with Gasteiger partial charge in [0.05, 0.1) is 5.69 Å². The highest BCUT2D eigenvalue weighted by Gasteiger charge is 2.93. The lowest BCUT2D eigenvalue weighted by Gasteiger charge is -2.41. The van der Waals surface area contributed by atoms with E-state index in [1.54, 1.807) is 0 Å². The largest absolute Gasteiger partial charge is 0.460 e. The van der Waals surface area contributed by atoms with Gasteiger partial charge >= 0.3 is 47.7 Å². The van der Waals surface area contributed by atoms with Crippen molar-refractivity contribution in [1.29, 1.82) is 0 Å². The lowest BCUT2D eigenvalue weighted by atomic mass is 9.91. The Balaban J connectivity index is 3.64. The minimum Gasteiger partial charge on any atom is -0.427 e. The third-order valence-electron chi connectivity index (χ3n) is 4.10. The van der Waals surface area contributed by atoms with Gasteiger partial charge in [-0.3, -0.25) is 0 Å². The van der Waals surface area contributed by atoms with E-state index in [1.807, 2.05) is 0 Å². The van der Waals surface area contributed by atoms with Crippen molar-refractivity contribution in [1.82, 2.24) is 0 Å². The number of ether oxygens (including phenoxy) is 1. The number of allylic oxidation sites excluding steroid dienone is 1. The number of nitrogen functional groups attached to an aromatic ring is 2. The quantitative estimate of drug-likeness (QED) is 0.178. The maximum atomic E-state index is 13.7. The molecular formula is C15H6BrF17N2O. The van der Waals surface area contributed by atoms with Gasteiger partial charge in [0.1, 0.15) is 0 Å². The van der Waals surface area contributed by atoms with Crippen LogP contribution >= 0.6 is 15.9 Å². The normalized spacial score (nSPS) is 15.6. The maximum absolute atomic E-state index is 13.7. The molecule has 0 saturated heterocycles. The zero-order chi connectivity index (χ0) is 29.1. The molecule has 208 valence electrons. The van der Waals surface area contributed by atoms with E-state index < -0.39 is 70.7 Å². The molecule has 3 nitrogen and oxygen atoms in total. The first-order chi connectivity index (χ1) is 15.6. The van der Waals surface area contributed by atoms with Crippen LogP contribution in [-0.4, -0.2) is 41.7 Å². The molecule has 0 aromatic heterocycles. The summed E-state index contributed by atoms with van der Waals surface area (Å²) >= 11 is 2.72. The molecule has 1 aromatic carbocycles. The molecule has 0 unspecified atom stereocenters. The zero-order valence-electron chi connectivity index (χ0n) is 16.0. The van der Waals surface area contributed by atoms with Crippen molar-refractivity contribution in [2.75, 3.05) is 11.5 Å². The molecule has 0 atom stereocenters. The summed E-state index contributed by atoms with van der Waals surface area (Å²) in [7, 11) is 0. The van der Waals surface area contributed by atoms with Crippen LogP contribution in [-0.2, 0) is 0 Å². The van der Waals surface area contributed by atoms with Crippen molar-refractivity contribution >= 4 is 27.3 Å². The third kappa shape index (κ3) is 4.46. The van der Waals surface area contributed by atoms with Gasteiger partial charge in [0, 0.05) is 16.2 Å². The maximum Gasteiger partial charge on any atom is 0.460 e. The fourth-order valence-electron chi connectivity index (χ4n) is 2.04. The van der Waals surface area contributed by atoms with E-state index in [1.165, 1.54) is 0 Å². The SMILES string of the molecule is Nc1cc(OC(F)=C(F)C(F)(F)C(F)(F)C(F)(F)C(F)(F)C(F)(F)C(F)(F)C(F)(F)F)c(N)cc1Br. The van der Waals surface area contributed by atoms with Gasteiger partial charge in [0.15, 0.2) is 5.75 Å². The molecule has 1 rings (SSSR count). The first-order valence-electron chi connectivity index (χ1n) is 8.04. The predicted octanol–water partition coefficient (Wildman–Crippen LogP) is 7.47. The Labute approximate surface area is 195 Å². The summed E-state index contributed by atoms with van der Waals surface area (Å²) in [5.74, 6) is -55.7. The molecule has 0 heterocycles. The number of nitrogens with two attached hydrogens (primary N) is 2. The Morgan fingerprint density at radius 2 is 1.00 bits per heavy atom. The van der Waals surface area contributed by atoms with E-state index in [0.29, 0.717) is 12.1 Å². The number of halogens is 18. The molecule has 0 fully saturated rings. The Morgan fingerprint density at radius 1 is 0.611 bits per heavy atom. The number of hydrogen-bond donors (Lipinski definition) is 2. The van der Waals surface area contributed by atoms with Crippen LogP contribution in [0.4, 0.5) is 86.0 Å². The van der Waals surface area contributed by atoms with Gasteiger partial charge < -0.3 is 16.2 Å². The number of anilines is 2. The molecule has 0 aliphatic carbocycles. The highest BCUT2D eigenvalue weighted by molar-refractivity contribution is 9.10. The Bertz CT molecular complexity index is 1030. The zero-order valence-corrected chi connectivity index (χ0v) is 17.6. The monoisotopic (exact) mass is 632 g/mol. The molecule has 0 aliphatic heterocycles. The second-order valence-corrected chi connectivity index (χ2v) is 7.40. The van der Waals surface area contributed by atoms with Gasteiger partial charge in [-0.05, 0) is 22.0 Å². The fraction of sp³-hybridized carbons (Fsp3) is 0.467. The molecule has 4 N–H and O–H groups in total. The van der Waals surface area contributed by atoms with Crippen LogP contribution in [0.2, 0.25) is 0 Å². The van der Waals surface area contributed by atoms with Crippen molar-refractivity contribution < 1.29 is 79.4 Å². The van der Waals surface area contributed by atoms with E-state index in [2.05, 4.69) is 20.7 Å². The highest BCUT2D eigenvalue weighted by Crippen LogP contribution is 2.63. The first-order valence-corrected chi connectivity index (χ1v) is 8.83. The molecule has 0 aliphatic rings. The van der Waals surface area contributed by atoms with E-state index in [0.717, 1.165) is 0 Å². The van der Waals surface area contributed by atoms with Gasteiger partial charge in [0.25, 0.3) is 0 Å². The second kappa shape index (κ2) is 8.89. The highest BCUT2D eigenvalue weighted by atomic mass is 79.9. The summed E-state index contributed by atoms with van der Waals surface area (Å²) in [5, 5.41) is 0. The summed E-state index contributed by atoms with van der Waals surface area (Å²) in [6.07, 6.45) is -7.80. The lowest BCUT2D eigenvalue weighted by Crippen LogP contribution is -2.72. The third-order valence-corrected chi connectivity index (χ3v) is 4.79. The van der Waals surface area contributed by atoms with Crippen molar-refractivity contribution in [3.63, 3.8) is 0 Å². The Morgan fingerprint density at radius 3 is 1.42 bits per heavy atom. The van der Waals surface area contributed by atoms with Crippen molar-refractivity contribution in [2.45, 2.75) is 41.7 Å². The summed E-state index contributed by atoms with van der Waals surface area (Å²) in [6.45, 7) is 0. The first kappa shape index (κ1) is 31.7. The fourth-order valence-corrected chi connectivity index (χ4v) is 2.40. The topological polar surface area (TPSA) is 61.3 Å². The van der Waals surface area contributed by atoms with E-state index >= 15 is 0 Å². The smallest absolute Gasteiger partial charge is 0.427 e. The molecule has 0 amide bonds. The summed E-state index contributed by atoms with van der Waals surface area (Å²) < 4.78 is 227. The molecule has 36 heavy (non-hydrogen) atoms. The summed E-state index contributed by atoms with van der Waals surface area (Å²) in [4.78, 5) is 0. The molecule has 0 bridgehead atoms. The van der Waals surface area contributed by atoms with E-state index in [9.17, 15) is 74.6 Å². The van der Waals surface area contributed by atoms with Gasteiger partial charge in [-0.2, -0.15) is 74.6 Å². The number of benzene rings is 1. The van der Waals surface area contributed by atoms with Crippen molar-refractivity contribution in [3.05, 3.63) is 28.4 Å². The lowest BCUT2D eigenvalue weighted by molar-refractivity contribution is -0.451. The van der Waals surface area contributed by atoms with Gasteiger partial charge in [-0.25, -0.2) is 0 Å². The van der Waals surface area contributed by atoms with Crippen molar-refractivity contribution in [3.8, 4) is 5.75 Å².